The van der Waals surface area contributed by atoms with Gasteiger partial charge < -0.3 is 15.0 Å². The highest BCUT2D eigenvalue weighted by Gasteiger charge is 2.39. The van der Waals surface area contributed by atoms with Crippen molar-refractivity contribution in [2.75, 3.05) is 20.1 Å². The number of fused-ring (bicyclic) bond motifs is 1. The molecule has 1 saturated carbocycles. The van der Waals surface area contributed by atoms with Crippen LogP contribution >= 0.6 is 11.3 Å². The molecule has 2 aromatic rings. The molecule has 1 aliphatic heterocycles. The van der Waals surface area contributed by atoms with E-state index in [0.29, 0.717) is 19.0 Å². The third-order valence-electron chi connectivity index (χ3n) is 4.99. The van der Waals surface area contributed by atoms with Gasteiger partial charge in [-0.25, -0.2) is 4.98 Å². The Balaban J connectivity index is 1.22. The molecule has 0 unspecified atom stereocenters. The first kappa shape index (κ1) is 17.5. The maximum atomic E-state index is 12.4. The standard InChI is InChI=1S/C18H20N6O2S/c1-20-18(21-9-19)24-7-12(8-24)23-17(25)11-5-13(6-11)26-14-3-2-4-15-16(14)22-10-27-15/h2-4,10-13H,5-8H2,1H3,(H,20,21)(H,23,25). The van der Waals surface area contributed by atoms with E-state index in [9.17, 15) is 4.79 Å². The Kier molecular flexibility index (Phi) is 4.81. The molecule has 2 fully saturated rings. The second-order valence-electron chi connectivity index (χ2n) is 6.76. The molecule has 4 rings (SSSR count). The summed E-state index contributed by atoms with van der Waals surface area (Å²) in [4.78, 5) is 22.7. The fraction of sp³-hybridized carbons (Fsp3) is 0.444. The van der Waals surface area contributed by atoms with Gasteiger partial charge in [-0.3, -0.25) is 15.1 Å². The summed E-state index contributed by atoms with van der Waals surface area (Å²) in [6.45, 7) is 1.32. The number of thiazole rings is 1. The van der Waals surface area contributed by atoms with Gasteiger partial charge in [0.1, 0.15) is 17.4 Å². The Morgan fingerprint density at radius 2 is 2.26 bits per heavy atom. The maximum absolute atomic E-state index is 12.4. The summed E-state index contributed by atoms with van der Waals surface area (Å²) in [5.41, 5.74) is 2.71. The second kappa shape index (κ2) is 7.40. The minimum Gasteiger partial charge on any atom is -0.488 e. The van der Waals surface area contributed by atoms with Gasteiger partial charge in [-0.2, -0.15) is 5.26 Å². The van der Waals surface area contributed by atoms with Crippen molar-refractivity contribution < 1.29 is 9.53 Å². The topological polar surface area (TPSA) is 103 Å². The van der Waals surface area contributed by atoms with Gasteiger partial charge in [0, 0.05) is 26.1 Å². The number of hydrogen-bond acceptors (Lipinski definition) is 6. The van der Waals surface area contributed by atoms with Gasteiger partial charge in [0.2, 0.25) is 11.9 Å². The summed E-state index contributed by atoms with van der Waals surface area (Å²) in [5, 5.41) is 14.3. The number of ether oxygens (including phenoxy) is 1. The highest BCUT2D eigenvalue weighted by Crippen LogP contribution is 2.35. The minimum atomic E-state index is -0.00441. The van der Waals surface area contributed by atoms with Crippen LogP contribution in [0.5, 0.6) is 5.75 Å². The molecule has 1 aromatic heterocycles. The van der Waals surface area contributed by atoms with Crippen LogP contribution in [0.2, 0.25) is 0 Å². The number of nitrogens with zero attached hydrogens (tertiary/aromatic N) is 4. The number of carbonyl (C=O) groups excluding carboxylic acids is 1. The van der Waals surface area contributed by atoms with Crippen molar-refractivity contribution in [2.24, 2.45) is 10.9 Å². The van der Waals surface area contributed by atoms with Crippen LogP contribution in [-0.4, -0.2) is 54.0 Å². The van der Waals surface area contributed by atoms with Gasteiger partial charge in [0.05, 0.1) is 16.3 Å². The highest BCUT2D eigenvalue weighted by molar-refractivity contribution is 7.16. The first-order valence-corrected chi connectivity index (χ1v) is 9.72. The summed E-state index contributed by atoms with van der Waals surface area (Å²) in [6.07, 6.45) is 3.37. The largest absolute Gasteiger partial charge is 0.488 e. The van der Waals surface area contributed by atoms with Crippen molar-refractivity contribution in [2.45, 2.75) is 25.0 Å². The lowest BCUT2D eigenvalue weighted by Gasteiger charge is -2.42. The molecule has 1 amide bonds. The van der Waals surface area contributed by atoms with E-state index in [-0.39, 0.29) is 24.0 Å². The average Bonchev–Trinajstić information content (AvgIpc) is 3.08. The molecule has 0 radical (unpaired) electrons. The van der Waals surface area contributed by atoms with Gasteiger partial charge in [-0.15, -0.1) is 11.3 Å². The van der Waals surface area contributed by atoms with E-state index < -0.39 is 0 Å². The summed E-state index contributed by atoms with van der Waals surface area (Å²) < 4.78 is 7.15. The Bertz CT molecular complexity index is 908. The van der Waals surface area contributed by atoms with E-state index in [1.165, 1.54) is 0 Å². The molecule has 1 aliphatic carbocycles. The molecule has 0 spiro atoms. The summed E-state index contributed by atoms with van der Waals surface area (Å²) in [6, 6.07) is 6.02. The molecule has 1 aromatic carbocycles. The van der Waals surface area contributed by atoms with E-state index in [1.807, 2.05) is 34.8 Å². The van der Waals surface area contributed by atoms with E-state index in [1.54, 1.807) is 18.4 Å². The van der Waals surface area contributed by atoms with Crippen LogP contribution in [0.4, 0.5) is 0 Å². The molecule has 140 valence electrons. The van der Waals surface area contributed by atoms with Crippen LogP contribution in [0, 0.1) is 17.4 Å². The van der Waals surface area contributed by atoms with Crippen LogP contribution < -0.4 is 15.4 Å². The number of nitrogens with one attached hydrogen (secondary N) is 2. The maximum Gasteiger partial charge on any atom is 0.223 e. The Morgan fingerprint density at radius 1 is 1.44 bits per heavy atom. The molecular formula is C18H20N6O2S. The van der Waals surface area contributed by atoms with Crippen molar-refractivity contribution >= 4 is 33.4 Å². The number of amides is 1. The van der Waals surface area contributed by atoms with Crippen molar-refractivity contribution in [3.05, 3.63) is 23.7 Å². The Morgan fingerprint density at radius 3 is 3.00 bits per heavy atom. The summed E-state index contributed by atoms with van der Waals surface area (Å²) >= 11 is 1.59. The molecule has 0 atom stereocenters. The zero-order valence-corrected chi connectivity index (χ0v) is 15.7. The van der Waals surface area contributed by atoms with Gasteiger partial charge in [0.25, 0.3) is 0 Å². The monoisotopic (exact) mass is 384 g/mol. The van der Waals surface area contributed by atoms with Crippen molar-refractivity contribution in [1.29, 1.82) is 5.26 Å². The fourth-order valence-corrected chi connectivity index (χ4v) is 4.09. The molecule has 0 bridgehead atoms. The third-order valence-corrected chi connectivity index (χ3v) is 5.78. The molecule has 2 N–H and O–H groups in total. The zero-order valence-electron chi connectivity index (χ0n) is 14.9. The molecule has 8 nitrogen and oxygen atoms in total. The number of rotatable bonds is 4. The molecule has 9 heteroatoms. The van der Waals surface area contributed by atoms with Gasteiger partial charge in [-0.05, 0) is 25.0 Å². The molecule has 2 heterocycles. The number of hydrogen-bond donors (Lipinski definition) is 2. The second-order valence-corrected chi connectivity index (χ2v) is 7.64. The van der Waals surface area contributed by atoms with Crippen LogP contribution in [-0.2, 0) is 4.79 Å². The lowest BCUT2D eigenvalue weighted by molar-refractivity contribution is -0.132. The fourth-order valence-electron chi connectivity index (χ4n) is 3.40. The molecule has 2 aliphatic rings. The lowest BCUT2D eigenvalue weighted by atomic mass is 9.81. The average molecular weight is 384 g/mol. The van der Waals surface area contributed by atoms with E-state index in [0.717, 1.165) is 28.8 Å². The van der Waals surface area contributed by atoms with Crippen LogP contribution in [0.15, 0.2) is 28.7 Å². The van der Waals surface area contributed by atoms with Crippen molar-refractivity contribution in [3.8, 4) is 11.9 Å². The summed E-state index contributed by atoms with van der Waals surface area (Å²) in [7, 11) is 1.63. The number of likely N-dealkylation sites (tertiary alicyclic amines) is 1. The molecule has 1 saturated heterocycles. The van der Waals surface area contributed by atoms with Crippen molar-refractivity contribution in [1.82, 2.24) is 20.5 Å². The Labute approximate surface area is 160 Å². The minimum absolute atomic E-state index is 0.00441. The predicted octanol–water partition coefficient (Wildman–Crippen LogP) is 1.31. The van der Waals surface area contributed by atoms with Crippen molar-refractivity contribution in [3.63, 3.8) is 0 Å². The van der Waals surface area contributed by atoms with Gasteiger partial charge in [0.15, 0.2) is 6.19 Å². The third kappa shape index (κ3) is 3.53. The van der Waals surface area contributed by atoms with E-state index in [4.69, 9.17) is 10.00 Å². The number of aromatic nitrogens is 1. The smallest absolute Gasteiger partial charge is 0.223 e. The lowest BCUT2D eigenvalue weighted by Crippen LogP contribution is -2.64. The van der Waals surface area contributed by atoms with E-state index >= 15 is 0 Å². The number of aliphatic imine (C=N–C) groups is 1. The van der Waals surface area contributed by atoms with E-state index in [2.05, 4.69) is 20.6 Å². The highest BCUT2D eigenvalue weighted by atomic mass is 32.1. The molecule has 27 heavy (non-hydrogen) atoms. The number of carbonyl (C=O) groups is 1. The SMILES string of the molecule is CN=C(NC#N)N1CC(NC(=O)C2CC(Oc3cccc4scnc34)C2)C1. The number of guanidine groups is 1. The quantitative estimate of drug-likeness (QED) is 0.357. The first-order chi connectivity index (χ1) is 13.2. The number of para-hydroxylation sites is 1. The zero-order chi connectivity index (χ0) is 18.8. The summed E-state index contributed by atoms with van der Waals surface area (Å²) in [5.74, 6) is 1.41. The van der Waals surface area contributed by atoms with Crippen LogP contribution in [0.25, 0.3) is 10.2 Å². The Hall–Kier alpha value is -2.86. The normalized spacial score (nSPS) is 22.5. The van der Waals surface area contributed by atoms with Crippen LogP contribution in [0.1, 0.15) is 12.8 Å². The number of benzene rings is 1. The molecular weight excluding hydrogens is 364 g/mol. The predicted molar refractivity (Wildman–Crippen MR) is 102 cm³/mol. The van der Waals surface area contributed by atoms with Gasteiger partial charge >= 0.3 is 0 Å². The van der Waals surface area contributed by atoms with Crippen LogP contribution in [0.3, 0.4) is 0 Å². The first-order valence-electron chi connectivity index (χ1n) is 8.84. The number of nitriles is 1. The van der Waals surface area contributed by atoms with Gasteiger partial charge in [-0.1, -0.05) is 6.07 Å².